The lowest BCUT2D eigenvalue weighted by Crippen LogP contribution is -2.34. The summed E-state index contributed by atoms with van der Waals surface area (Å²) in [4.78, 5) is 12.5. The quantitative estimate of drug-likeness (QED) is 0.697. The summed E-state index contributed by atoms with van der Waals surface area (Å²) in [6.07, 6.45) is 0.672. The molecular formula is C24H23NO3. The lowest BCUT2D eigenvalue weighted by molar-refractivity contribution is 0.0933. The molecule has 0 saturated heterocycles. The maximum Gasteiger partial charge on any atom is 0.251 e. The van der Waals surface area contributed by atoms with E-state index in [1.54, 1.807) is 0 Å². The van der Waals surface area contributed by atoms with E-state index in [4.69, 9.17) is 9.47 Å². The number of benzene rings is 3. The summed E-state index contributed by atoms with van der Waals surface area (Å²) in [6.45, 7) is 4.45. The highest BCUT2D eigenvalue weighted by Gasteiger charge is 2.24. The predicted molar refractivity (Wildman–Crippen MR) is 109 cm³/mol. The van der Waals surface area contributed by atoms with Crippen LogP contribution in [0.2, 0.25) is 0 Å². The van der Waals surface area contributed by atoms with Crippen LogP contribution in [0.3, 0.4) is 0 Å². The van der Waals surface area contributed by atoms with Crippen molar-refractivity contribution < 1.29 is 14.3 Å². The first-order chi connectivity index (χ1) is 13.6. The molecule has 0 saturated carbocycles. The van der Waals surface area contributed by atoms with E-state index in [1.807, 2.05) is 80.6 Å². The molecule has 1 aliphatic heterocycles. The van der Waals surface area contributed by atoms with Gasteiger partial charge in [-0.3, -0.25) is 4.79 Å². The van der Waals surface area contributed by atoms with Crippen molar-refractivity contribution in [2.24, 2.45) is 0 Å². The molecule has 0 radical (unpaired) electrons. The van der Waals surface area contributed by atoms with Gasteiger partial charge in [0.25, 0.3) is 5.91 Å². The summed E-state index contributed by atoms with van der Waals surface area (Å²) in [6, 6.07) is 21.4. The summed E-state index contributed by atoms with van der Waals surface area (Å²) >= 11 is 0. The fourth-order valence-corrected chi connectivity index (χ4v) is 3.47. The zero-order valence-electron chi connectivity index (χ0n) is 16.1. The highest BCUT2D eigenvalue weighted by Crippen LogP contribution is 2.33. The van der Waals surface area contributed by atoms with Gasteiger partial charge in [0.2, 0.25) is 0 Å². The standard InChI is InChI=1S/C24H23NO3/c1-16-8-10-22(17(2)12-16)24(26)25-15-21-14-18-13-20(9-11-23(18)28-21)27-19-6-4-3-5-7-19/h3-13,21H,14-15H2,1-2H3,(H,25,26)/t21-/m0/s1. The molecule has 4 nitrogen and oxygen atoms in total. The van der Waals surface area contributed by atoms with Gasteiger partial charge in [0.1, 0.15) is 23.4 Å². The summed E-state index contributed by atoms with van der Waals surface area (Å²) in [5.41, 5.74) is 3.94. The zero-order valence-corrected chi connectivity index (χ0v) is 16.1. The average molecular weight is 373 g/mol. The number of carbonyl (C=O) groups is 1. The van der Waals surface area contributed by atoms with Crippen molar-refractivity contribution >= 4 is 5.91 Å². The minimum atomic E-state index is -0.0725. The van der Waals surface area contributed by atoms with Gasteiger partial charge >= 0.3 is 0 Å². The number of ether oxygens (including phenoxy) is 2. The Morgan fingerprint density at radius 2 is 1.86 bits per heavy atom. The first-order valence-electron chi connectivity index (χ1n) is 9.46. The molecule has 3 aromatic rings. The Balaban J connectivity index is 1.36. The Kier molecular flexibility index (Phi) is 5.02. The van der Waals surface area contributed by atoms with Gasteiger partial charge in [0, 0.05) is 17.5 Å². The molecule has 28 heavy (non-hydrogen) atoms. The Labute approximate surface area is 165 Å². The van der Waals surface area contributed by atoms with E-state index in [2.05, 4.69) is 5.32 Å². The lowest BCUT2D eigenvalue weighted by atomic mass is 10.0. The third-order valence-corrected chi connectivity index (χ3v) is 4.87. The van der Waals surface area contributed by atoms with Crippen LogP contribution in [0, 0.1) is 13.8 Å². The maximum absolute atomic E-state index is 12.5. The minimum Gasteiger partial charge on any atom is -0.488 e. The Hall–Kier alpha value is -3.27. The van der Waals surface area contributed by atoms with Crippen molar-refractivity contribution in [1.82, 2.24) is 5.32 Å². The monoisotopic (exact) mass is 373 g/mol. The number of fused-ring (bicyclic) bond motifs is 1. The third-order valence-electron chi connectivity index (χ3n) is 4.87. The van der Waals surface area contributed by atoms with Crippen molar-refractivity contribution in [3.8, 4) is 17.2 Å². The number of hydrogen-bond donors (Lipinski definition) is 1. The summed E-state index contributed by atoms with van der Waals surface area (Å²) in [5, 5.41) is 3.00. The van der Waals surface area contributed by atoms with Crippen LogP contribution < -0.4 is 14.8 Å². The molecule has 142 valence electrons. The molecule has 0 aliphatic carbocycles. The number of rotatable bonds is 5. The van der Waals surface area contributed by atoms with E-state index in [1.165, 1.54) is 0 Å². The van der Waals surface area contributed by atoms with Gasteiger partial charge in [-0.15, -0.1) is 0 Å². The van der Waals surface area contributed by atoms with E-state index >= 15 is 0 Å². The number of aryl methyl sites for hydroxylation is 2. The van der Waals surface area contributed by atoms with Crippen molar-refractivity contribution in [2.45, 2.75) is 26.4 Å². The number of para-hydroxylation sites is 1. The van der Waals surface area contributed by atoms with E-state index < -0.39 is 0 Å². The first kappa shape index (κ1) is 18.1. The highest BCUT2D eigenvalue weighted by molar-refractivity contribution is 5.95. The molecule has 0 aromatic heterocycles. The van der Waals surface area contributed by atoms with Gasteiger partial charge in [-0.2, -0.15) is 0 Å². The lowest BCUT2D eigenvalue weighted by Gasteiger charge is -2.13. The van der Waals surface area contributed by atoms with Crippen LogP contribution in [0.4, 0.5) is 0 Å². The van der Waals surface area contributed by atoms with Crippen LogP contribution >= 0.6 is 0 Å². The van der Waals surface area contributed by atoms with E-state index in [0.29, 0.717) is 12.1 Å². The second-order valence-corrected chi connectivity index (χ2v) is 7.16. The minimum absolute atomic E-state index is 0.0647. The van der Waals surface area contributed by atoms with Crippen LogP contribution in [-0.2, 0) is 6.42 Å². The van der Waals surface area contributed by atoms with Gasteiger partial charge in [-0.25, -0.2) is 0 Å². The molecule has 4 rings (SSSR count). The largest absolute Gasteiger partial charge is 0.488 e. The van der Waals surface area contributed by atoms with E-state index in [0.717, 1.165) is 40.4 Å². The van der Waals surface area contributed by atoms with E-state index in [9.17, 15) is 4.79 Å². The normalized spacial score (nSPS) is 14.9. The SMILES string of the molecule is Cc1ccc(C(=O)NC[C@@H]2Cc3cc(Oc4ccccc4)ccc3O2)c(C)c1. The molecule has 1 aliphatic rings. The zero-order chi connectivity index (χ0) is 19.5. The van der Waals surface area contributed by atoms with Crippen LogP contribution in [0.25, 0.3) is 0 Å². The topological polar surface area (TPSA) is 47.6 Å². The summed E-state index contributed by atoms with van der Waals surface area (Å²) in [5.74, 6) is 2.38. The Morgan fingerprint density at radius 1 is 1.04 bits per heavy atom. The van der Waals surface area contributed by atoms with E-state index in [-0.39, 0.29) is 12.0 Å². The van der Waals surface area contributed by atoms with Gasteiger partial charge in [-0.05, 0) is 55.8 Å². The molecule has 0 fully saturated rings. The summed E-state index contributed by atoms with van der Waals surface area (Å²) < 4.78 is 11.9. The second-order valence-electron chi connectivity index (χ2n) is 7.16. The molecule has 1 N–H and O–H groups in total. The van der Waals surface area contributed by atoms with Crippen LogP contribution in [0.5, 0.6) is 17.2 Å². The predicted octanol–water partition coefficient (Wildman–Crippen LogP) is 4.83. The Morgan fingerprint density at radius 3 is 2.64 bits per heavy atom. The molecule has 0 bridgehead atoms. The molecule has 0 spiro atoms. The fraction of sp³-hybridized carbons (Fsp3) is 0.208. The molecule has 1 heterocycles. The van der Waals surface area contributed by atoms with Gasteiger partial charge in [-0.1, -0.05) is 35.9 Å². The van der Waals surface area contributed by atoms with Crippen molar-refractivity contribution in [2.75, 3.05) is 6.54 Å². The molecule has 1 atom stereocenters. The molecular weight excluding hydrogens is 350 g/mol. The van der Waals surface area contributed by atoms with Crippen LogP contribution in [-0.4, -0.2) is 18.6 Å². The third kappa shape index (κ3) is 4.01. The average Bonchev–Trinajstić information content (AvgIpc) is 3.09. The number of carbonyl (C=O) groups excluding carboxylic acids is 1. The molecule has 0 unspecified atom stereocenters. The van der Waals surface area contributed by atoms with Crippen molar-refractivity contribution in [3.05, 3.63) is 89.0 Å². The smallest absolute Gasteiger partial charge is 0.251 e. The van der Waals surface area contributed by atoms with Crippen molar-refractivity contribution in [3.63, 3.8) is 0 Å². The van der Waals surface area contributed by atoms with Gasteiger partial charge in [0.15, 0.2) is 0 Å². The van der Waals surface area contributed by atoms with Crippen LogP contribution in [0.1, 0.15) is 27.0 Å². The fourth-order valence-electron chi connectivity index (χ4n) is 3.47. The van der Waals surface area contributed by atoms with Crippen LogP contribution in [0.15, 0.2) is 66.7 Å². The molecule has 4 heteroatoms. The highest BCUT2D eigenvalue weighted by atomic mass is 16.5. The van der Waals surface area contributed by atoms with Gasteiger partial charge in [0.05, 0.1) is 6.54 Å². The first-order valence-corrected chi connectivity index (χ1v) is 9.46. The van der Waals surface area contributed by atoms with Gasteiger partial charge < -0.3 is 14.8 Å². The molecule has 1 amide bonds. The number of nitrogens with one attached hydrogen (secondary N) is 1. The molecule has 3 aromatic carbocycles. The Bertz CT molecular complexity index is 998. The second kappa shape index (κ2) is 7.77. The maximum atomic E-state index is 12.5. The number of hydrogen-bond acceptors (Lipinski definition) is 3. The van der Waals surface area contributed by atoms with Crippen molar-refractivity contribution in [1.29, 1.82) is 0 Å². The number of amides is 1. The summed E-state index contributed by atoms with van der Waals surface area (Å²) in [7, 11) is 0.